The van der Waals surface area contributed by atoms with Gasteiger partial charge in [-0.05, 0) is 37.6 Å². The molecule has 0 radical (unpaired) electrons. The van der Waals surface area contributed by atoms with Crippen molar-refractivity contribution >= 4 is 46.4 Å². The van der Waals surface area contributed by atoms with Crippen LogP contribution in [0.25, 0.3) is 0 Å². The first-order valence-electron chi connectivity index (χ1n) is 6.98. The van der Waals surface area contributed by atoms with Gasteiger partial charge in [0.05, 0.1) is 16.3 Å². The first-order valence-corrected chi connectivity index (χ1v) is 7.85. The van der Waals surface area contributed by atoms with Gasteiger partial charge < -0.3 is 5.32 Å². The maximum atomic E-state index is 13.0. The van der Waals surface area contributed by atoms with Crippen molar-refractivity contribution in [1.82, 2.24) is 0 Å². The highest BCUT2D eigenvalue weighted by molar-refractivity contribution is 6.32. The van der Waals surface area contributed by atoms with E-state index < -0.39 is 28.4 Å². The van der Waals surface area contributed by atoms with E-state index in [4.69, 9.17) is 23.2 Å². The molecule has 4 nitrogen and oxygen atoms in total. The van der Waals surface area contributed by atoms with Gasteiger partial charge in [0.25, 0.3) is 0 Å². The summed E-state index contributed by atoms with van der Waals surface area (Å²) in [6.07, 6.45) is -5.05. The summed E-state index contributed by atoms with van der Waals surface area (Å²) >= 11 is 12.6. The number of halogens is 5. The Morgan fingerprint density at radius 3 is 2.33 bits per heavy atom. The molecule has 1 aliphatic heterocycles. The summed E-state index contributed by atoms with van der Waals surface area (Å²) in [6, 6.07) is 4.16. The summed E-state index contributed by atoms with van der Waals surface area (Å²) in [5.74, 6) is -2.36. The third kappa shape index (κ3) is 3.19. The Labute approximate surface area is 146 Å². The molecule has 24 heavy (non-hydrogen) atoms. The van der Waals surface area contributed by atoms with E-state index in [9.17, 15) is 22.8 Å². The van der Waals surface area contributed by atoms with Crippen LogP contribution in [-0.2, 0) is 9.59 Å². The van der Waals surface area contributed by atoms with Crippen LogP contribution in [0.3, 0.4) is 0 Å². The number of fused-ring (bicyclic) bond motifs is 1. The van der Waals surface area contributed by atoms with Crippen molar-refractivity contribution in [2.75, 3.05) is 10.2 Å². The molecular weight excluding hydrogens is 368 g/mol. The van der Waals surface area contributed by atoms with Gasteiger partial charge in [-0.1, -0.05) is 0 Å². The summed E-state index contributed by atoms with van der Waals surface area (Å²) in [4.78, 5) is 23.7. The number of carbonyl (C=O) groups is 2. The highest BCUT2D eigenvalue weighted by Crippen LogP contribution is 2.49. The molecule has 0 saturated carbocycles. The minimum atomic E-state index is -5.05. The van der Waals surface area contributed by atoms with Crippen LogP contribution in [0.4, 0.5) is 24.5 Å². The molecule has 0 fully saturated rings. The van der Waals surface area contributed by atoms with Gasteiger partial charge in [0.2, 0.25) is 5.91 Å². The fourth-order valence-corrected chi connectivity index (χ4v) is 3.42. The summed E-state index contributed by atoms with van der Waals surface area (Å²) in [5, 5.41) is 0.721. The molecule has 0 aromatic heterocycles. The van der Waals surface area contributed by atoms with Crippen LogP contribution >= 0.6 is 23.2 Å². The highest BCUT2D eigenvalue weighted by atomic mass is 35.5. The number of nitrogens with one attached hydrogen (secondary N) is 1. The Balaban J connectivity index is 2.63. The van der Waals surface area contributed by atoms with Crippen molar-refractivity contribution in [3.63, 3.8) is 0 Å². The lowest BCUT2D eigenvalue weighted by molar-refractivity contribution is -0.171. The number of carbonyl (C=O) groups excluding carboxylic acids is 2. The minimum Gasteiger partial charge on any atom is -0.326 e. The summed E-state index contributed by atoms with van der Waals surface area (Å²) in [6.45, 7) is 4.15. The van der Waals surface area contributed by atoms with E-state index in [1.165, 1.54) is 39.0 Å². The summed E-state index contributed by atoms with van der Waals surface area (Å²) in [5.41, 5.74) is -0.730. The normalized spacial score (nSPS) is 22.8. The van der Waals surface area contributed by atoms with Gasteiger partial charge in [0, 0.05) is 18.3 Å². The van der Waals surface area contributed by atoms with E-state index in [0.717, 1.165) is 0 Å². The SMILES string of the molecule is CC(=O)Nc1ccc2c(c1)[C@@H](Cl)[C@@H](Cl)C(C)(C)N2C(=O)C(F)(F)F. The highest BCUT2D eigenvalue weighted by Gasteiger charge is 2.54. The minimum absolute atomic E-state index is 0.0216. The standard InChI is InChI=1S/C15H15Cl2F3N2O2/c1-7(23)21-8-4-5-10-9(6-8)11(16)12(17)14(2,3)22(10)13(24)15(18,19)20/h4-6,11-12H,1-3H3,(H,21,23)/t11-,12-/m1/s1. The second-order valence-electron chi connectivity index (χ2n) is 6.05. The number of hydrogen-bond donors (Lipinski definition) is 1. The Morgan fingerprint density at radius 1 is 1.25 bits per heavy atom. The van der Waals surface area contributed by atoms with Crippen molar-refractivity contribution in [3.05, 3.63) is 23.8 Å². The van der Waals surface area contributed by atoms with E-state index in [-0.39, 0.29) is 17.2 Å². The molecule has 1 heterocycles. The molecule has 0 aliphatic carbocycles. The Bertz CT molecular complexity index is 692. The maximum absolute atomic E-state index is 13.0. The van der Waals surface area contributed by atoms with Crippen molar-refractivity contribution in [2.24, 2.45) is 0 Å². The van der Waals surface area contributed by atoms with E-state index in [2.05, 4.69) is 5.32 Å². The van der Waals surface area contributed by atoms with Crippen LogP contribution in [0.2, 0.25) is 0 Å². The second-order valence-corrected chi connectivity index (χ2v) is 6.99. The fraction of sp³-hybridized carbons (Fsp3) is 0.467. The van der Waals surface area contributed by atoms with Crippen molar-refractivity contribution in [3.8, 4) is 0 Å². The van der Waals surface area contributed by atoms with Gasteiger partial charge in [0.1, 0.15) is 0 Å². The molecule has 1 aromatic carbocycles. The smallest absolute Gasteiger partial charge is 0.326 e. The summed E-state index contributed by atoms with van der Waals surface area (Å²) in [7, 11) is 0. The number of amides is 2. The average molecular weight is 383 g/mol. The first-order chi connectivity index (χ1) is 10.9. The van der Waals surface area contributed by atoms with Crippen LogP contribution < -0.4 is 10.2 Å². The quantitative estimate of drug-likeness (QED) is 0.739. The lowest BCUT2D eigenvalue weighted by atomic mass is 9.85. The number of alkyl halides is 5. The molecular formula is C15H15Cl2F3N2O2. The molecule has 0 bridgehead atoms. The third-order valence-electron chi connectivity index (χ3n) is 3.84. The first kappa shape index (κ1) is 18.9. The predicted octanol–water partition coefficient (Wildman–Crippen LogP) is 4.22. The molecule has 0 spiro atoms. The number of benzene rings is 1. The Kier molecular flexibility index (Phi) is 4.80. The van der Waals surface area contributed by atoms with Crippen LogP contribution in [0.1, 0.15) is 31.7 Å². The van der Waals surface area contributed by atoms with Crippen molar-refractivity contribution in [2.45, 2.75) is 43.2 Å². The lowest BCUT2D eigenvalue weighted by Gasteiger charge is -2.48. The zero-order chi connectivity index (χ0) is 18.4. The predicted molar refractivity (Wildman–Crippen MR) is 86.6 cm³/mol. The Morgan fingerprint density at radius 2 is 1.83 bits per heavy atom. The van der Waals surface area contributed by atoms with E-state index in [1.54, 1.807) is 0 Å². The number of rotatable bonds is 1. The third-order valence-corrected chi connectivity index (χ3v) is 5.24. The fourth-order valence-electron chi connectivity index (χ4n) is 2.71. The molecule has 132 valence electrons. The van der Waals surface area contributed by atoms with Crippen LogP contribution in [0.15, 0.2) is 18.2 Å². The van der Waals surface area contributed by atoms with E-state index in [0.29, 0.717) is 10.6 Å². The second kappa shape index (κ2) is 6.11. The molecule has 2 atom stereocenters. The lowest BCUT2D eigenvalue weighted by Crippen LogP contribution is -2.60. The Hall–Kier alpha value is -1.47. The molecule has 9 heteroatoms. The molecule has 2 amide bonds. The topological polar surface area (TPSA) is 49.4 Å². The average Bonchev–Trinajstić information content (AvgIpc) is 2.44. The van der Waals surface area contributed by atoms with Gasteiger partial charge in [-0.15, -0.1) is 23.2 Å². The van der Waals surface area contributed by atoms with Gasteiger partial charge in [-0.25, -0.2) is 0 Å². The zero-order valence-corrected chi connectivity index (χ0v) is 14.6. The number of hydrogen-bond acceptors (Lipinski definition) is 2. The van der Waals surface area contributed by atoms with Crippen molar-refractivity contribution in [1.29, 1.82) is 0 Å². The van der Waals surface area contributed by atoms with Gasteiger partial charge in [-0.2, -0.15) is 13.2 Å². The zero-order valence-electron chi connectivity index (χ0n) is 13.0. The number of nitrogens with zero attached hydrogens (tertiary/aromatic N) is 1. The largest absolute Gasteiger partial charge is 0.471 e. The van der Waals surface area contributed by atoms with Crippen LogP contribution in [-0.4, -0.2) is 28.9 Å². The van der Waals surface area contributed by atoms with Crippen LogP contribution in [0.5, 0.6) is 0 Å². The summed E-state index contributed by atoms with van der Waals surface area (Å²) < 4.78 is 39.1. The number of anilines is 2. The van der Waals surface area contributed by atoms with E-state index >= 15 is 0 Å². The van der Waals surface area contributed by atoms with E-state index in [1.807, 2.05) is 0 Å². The molecule has 1 N–H and O–H groups in total. The van der Waals surface area contributed by atoms with Crippen molar-refractivity contribution < 1.29 is 22.8 Å². The van der Waals surface area contributed by atoms with Gasteiger partial charge in [-0.3, -0.25) is 14.5 Å². The van der Waals surface area contributed by atoms with Gasteiger partial charge >= 0.3 is 12.1 Å². The molecule has 1 aromatic rings. The monoisotopic (exact) mass is 382 g/mol. The molecule has 2 rings (SSSR count). The van der Waals surface area contributed by atoms with Gasteiger partial charge in [0.15, 0.2) is 0 Å². The van der Waals surface area contributed by atoms with Crippen LogP contribution in [0, 0.1) is 0 Å². The maximum Gasteiger partial charge on any atom is 0.471 e. The molecule has 1 aliphatic rings. The molecule has 0 unspecified atom stereocenters. The molecule has 0 saturated heterocycles.